The van der Waals surface area contributed by atoms with Crippen molar-refractivity contribution >= 4 is 11.8 Å². The highest BCUT2D eigenvalue weighted by molar-refractivity contribution is 5.73. The van der Waals surface area contributed by atoms with E-state index < -0.39 is 0 Å². The van der Waals surface area contributed by atoms with Gasteiger partial charge in [0, 0.05) is 36.1 Å². The van der Waals surface area contributed by atoms with Crippen molar-refractivity contribution in [2.24, 2.45) is 10.2 Å². The molecule has 0 amide bonds. The topological polar surface area (TPSA) is 78.6 Å². The second kappa shape index (κ2) is 7.74. The predicted octanol–water partition coefficient (Wildman–Crippen LogP) is -0.824. The molecule has 0 bridgehead atoms. The summed E-state index contributed by atoms with van der Waals surface area (Å²) in [6.07, 6.45) is 7.63. The van der Waals surface area contributed by atoms with E-state index in [2.05, 4.69) is 10.2 Å². The molecule has 6 heteroatoms. The van der Waals surface area contributed by atoms with Gasteiger partial charge in [0.1, 0.15) is 0 Å². The first kappa shape index (κ1) is 14.6. The van der Waals surface area contributed by atoms with Gasteiger partial charge in [-0.15, -0.1) is 0 Å². The molecular weight excluding hydrogens is 268 g/mol. The molecule has 2 aromatic rings. The van der Waals surface area contributed by atoms with Gasteiger partial charge < -0.3 is 10.2 Å². The Labute approximate surface area is 122 Å². The third-order valence-electron chi connectivity index (χ3n) is 2.63. The van der Waals surface area contributed by atoms with Gasteiger partial charge in [-0.3, -0.25) is 0 Å². The monoisotopic (exact) mass is 284 g/mol. The average molecular weight is 284 g/mol. The lowest BCUT2D eigenvalue weighted by Crippen LogP contribution is -2.34. The van der Waals surface area contributed by atoms with Crippen LogP contribution in [0, 0.1) is 0 Å². The fourth-order valence-electron chi connectivity index (χ4n) is 1.66. The minimum Gasteiger partial charge on any atom is -0.858 e. The van der Waals surface area contributed by atoms with Gasteiger partial charge in [-0.2, -0.15) is 0 Å². The lowest BCUT2D eigenvalue weighted by atomic mass is 10.2. The molecular formula is C15H16N4O2. The molecule has 0 saturated carbocycles. The van der Waals surface area contributed by atoms with Crippen LogP contribution in [0.3, 0.4) is 0 Å². The van der Waals surface area contributed by atoms with Gasteiger partial charge in [0.25, 0.3) is 0 Å². The molecule has 0 atom stereocenters. The van der Waals surface area contributed by atoms with Crippen molar-refractivity contribution in [3.05, 3.63) is 61.2 Å². The Morgan fingerprint density at radius 3 is 1.43 bits per heavy atom. The molecule has 6 nitrogen and oxygen atoms in total. The summed E-state index contributed by atoms with van der Waals surface area (Å²) in [6, 6.07) is 10.8. The first-order valence-corrected chi connectivity index (χ1v) is 6.66. The van der Waals surface area contributed by atoms with Crippen LogP contribution in [-0.4, -0.2) is 11.8 Å². The van der Waals surface area contributed by atoms with E-state index in [0.717, 1.165) is 0 Å². The van der Waals surface area contributed by atoms with Crippen molar-refractivity contribution in [2.75, 3.05) is 0 Å². The van der Waals surface area contributed by atoms with Crippen LogP contribution in [0.25, 0.3) is 0 Å². The van der Waals surface area contributed by atoms with Crippen LogP contribution < -0.4 is 19.6 Å². The van der Waals surface area contributed by atoms with Gasteiger partial charge in [-0.05, 0) is 29.5 Å². The van der Waals surface area contributed by atoms with E-state index in [1.807, 2.05) is 12.1 Å². The van der Waals surface area contributed by atoms with Crippen LogP contribution in [-0.2, 0) is 0 Å². The highest BCUT2D eigenvalue weighted by atomic mass is 16.3. The number of rotatable bonds is 6. The van der Waals surface area contributed by atoms with Gasteiger partial charge in [-0.1, -0.05) is 21.5 Å². The second-order valence-corrected chi connectivity index (χ2v) is 4.35. The molecule has 0 unspecified atom stereocenters. The lowest BCUT2D eigenvalue weighted by molar-refractivity contribution is -0.681. The van der Waals surface area contributed by atoms with Crippen molar-refractivity contribution in [3.8, 4) is 0 Å². The number of hydrogen-bond acceptors (Lipinski definition) is 4. The number of hydrogen-bond donors (Lipinski definition) is 0. The molecule has 0 aliphatic carbocycles. The number of nitrogens with zero attached hydrogens (tertiary/aromatic N) is 4. The summed E-state index contributed by atoms with van der Waals surface area (Å²) < 4.78 is 2.91. The van der Waals surface area contributed by atoms with Crippen molar-refractivity contribution in [1.82, 2.24) is 0 Å². The van der Waals surface area contributed by atoms with Crippen molar-refractivity contribution < 1.29 is 19.6 Å². The summed E-state index contributed by atoms with van der Waals surface area (Å²) in [5.41, 5.74) is 0. The number of pyridine rings is 2. The fraction of sp³-hybridized carbons (Fsp3) is 0.200. The molecule has 21 heavy (non-hydrogen) atoms. The summed E-state index contributed by atoms with van der Waals surface area (Å²) in [4.78, 5) is 0. The van der Waals surface area contributed by atoms with Crippen molar-refractivity contribution in [3.63, 3.8) is 0 Å². The Morgan fingerprint density at radius 1 is 0.667 bits per heavy atom. The van der Waals surface area contributed by atoms with E-state index in [0.29, 0.717) is 6.42 Å². The van der Waals surface area contributed by atoms with E-state index in [1.54, 1.807) is 49.1 Å². The maximum Gasteiger partial charge on any atom is 0.202 e. The molecule has 0 radical (unpaired) electrons. The molecule has 2 aromatic heterocycles. The van der Waals surface area contributed by atoms with Crippen molar-refractivity contribution in [1.29, 1.82) is 0 Å². The molecule has 0 aliphatic rings. The Balaban J connectivity index is 1.81. The Hall–Kier alpha value is -2.76. The molecule has 2 rings (SSSR count). The third-order valence-corrected chi connectivity index (χ3v) is 2.63. The maximum absolute atomic E-state index is 11.6. The standard InChI is InChI=1S/C15H16N4O2/c20-14(16-18-10-3-1-4-11-18)8-7-9-15(21)17-19-12-5-2-6-13-19/h1-6,10-13H,7-9H2. The summed E-state index contributed by atoms with van der Waals surface area (Å²) in [7, 11) is 0. The van der Waals surface area contributed by atoms with E-state index >= 15 is 0 Å². The molecule has 2 heterocycles. The highest BCUT2D eigenvalue weighted by Gasteiger charge is 1.97. The zero-order valence-corrected chi connectivity index (χ0v) is 11.5. The summed E-state index contributed by atoms with van der Waals surface area (Å²) in [5, 5.41) is 31.0. The van der Waals surface area contributed by atoms with Crippen LogP contribution in [0.4, 0.5) is 0 Å². The average Bonchev–Trinajstić information content (AvgIpc) is 2.49. The van der Waals surface area contributed by atoms with E-state index in [1.165, 1.54) is 9.35 Å². The first-order valence-electron chi connectivity index (χ1n) is 6.66. The largest absolute Gasteiger partial charge is 0.858 e. The Kier molecular flexibility index (Phi) is 5.40. The van der Waals surface area contributed by atoms with Crippen LogP contribution >= 0.6 is 0 Å². The summed E-state index contributed by atoms with van der Waals surface area (Å²) >= 11 is 0. The summed E-state index contributed by atoms with van der Waals surface area (Å²) in [5.74, 6) is -0.516. The predicted molar refractivity (Wildman–Crippen MR) is 72.8 cm³/mol. The Morgan fingerprint density at radius 2 is 1.05 bits per heavy atom. The van der Waals surface area contributed by atoms with Crippen LogP contribution in [0.2, 0.25) is 0 Å². The van der Waals surface area contributed by atoms with E-state index in [9.17, 15) is 10.2 Å². The van der Waals surface area contributed by atoms with E-state index in [-0.39, 0.29) is 24.6 Å². The smallest absolute Gasteiger partial charge is 0.202 e. The van der Waals surface area contributed by atoms with Gasteiger partial charge in [0.2, 0.25) is 24.8 Å². The normalized spacial score (nSPS) is 12.4. The van der Waals surface area contributed by atoms with Crippen LogP contribution in [0.1, 0.15) is 19.3 Å². The lowest BCUT2D eigenvalue weighted by Gasteiger charge is -2.08. The molecule has 0 aliphatic heterocycles. The fourth-order valence-corrected chi connectivity index (χ4v) is 1.66. The van der Waals surface area contributed by atoms with Crippen LogP contribution in [0.5, 0.6) is 0 Å². The Bertz CT molecular complexity index is 557. The summed E-state index contributed by atoms with van der Waals surface area (Å²) in [6.45, 7) is 0. The maximum atomic E-state index is 11.6. The van der Waals surface area contributed by atoms with Gasteiger partial charge in [0.05, 0.1) is 0 Å². The van der Waals surface area contributed by atoms with E-state index in [4.69, 9.17) is 0 Å². The quantitative estimate of drug-likeness (QED) is 0.394. The first-order chi connectivity index (χ1) is 10.2. The van der Waals surface area contributed by atoms with Gasteiger partial charge in [-0.25, -0.2) is 0 Å². The molecule has 0 aromatic carbocycles. The zero-order chi connectivity index (χ0) is 14.9. The zero-order valence-electron chi connectivity index (χ0n) is 11.5. The SMILES string of the molecule is [O-]/C(CCC/C([O-])=N/[n+]1ccccc1)=N\[n+]1ccccc1. The van der Waals surface area contributed by atoms with Crippen LogP contribution in [0.15, 0.2) is 71.4 Å². The molecule has 0 fully saturated rings. The minimum atomic E-state index is -0.258. The highest BCUT2D eigenvalue weighted by Crippen LogP contribution is 1.94. The molecule has 0 saturated heterocycles. The molecule has 0 spiro atoms. The van der Waals surface area contributed by atoms with Gasteiger partial charge in [0.15, 0.2) is 0 Å². The third kappa shape index (κ3) is 5.40. The van der Waals surface area contributed by atoms with Gasteiger partial charge >= 0.3 is 0 Å². The second-order valence-electron chi connectivity index (χ2n) is 4.35. The molecule has 0 N–H and O–H groups in total. The number of aromatic nitrogens is 2. The van der Waals surface area contributed by atoms with Crippen molar-refractivity contribution in [2.45, 2.75) is 19.3 Å². The minimum absolute atomic E-state index is 0.225. The molecule has 108 valence electrons.